The fourth-order valence-electron chi connectivity index (χ4n) is 2.09. The summed E-state index contributed by atoms with van der Waals surface area (Å²) in [4.78, 5) is 30.6. The Morgan fingerprint density at radius 1 is 1.03 bits per heavy atom. The van der Waals surface area contributed by atoms with Crippen molar-refractivity contribution in [2.75, 3.05) is 0 Å². The van der Waals surface area contributed by atoms with Gasteiger partial charge in [0.15, 0.2) is 0 Å². The number of nitrogens with one attached hydrogen (secondary N) is 1. The SMILES string of the molecule is CC(=O)n1cnc2ccccc21.O=[C-]Cl.[CH2-]CC.[CH2-]CC.[Ni+3].c1ccc2[nH]cnc2c1. The van der Waals surface area contributed by atoms with Gasteiger partial charge in [-0.25, -0.2) is 9.97 Å². The second kappa shape index (κ2) is 19.5. The quantitative estimate of drug-likeness (QED) is 0.187. The number of nitrogens with zero attached hydrogens (tertiary/aromatic N) is 3. The molecule has 31 heavy (non-hydrogen) atoms. The van der Waals surface area contributed by atoms with Crippen molar-refractivity contribution in [1.82, 2.24) is 19.5 Å². The summed E-state index contributed by atoms with van der Waals surface area (Å²) in [6.45, 7) is 12.5. The number of fused-ring (bicyclic) bond motifs is 2. The number of aromatic amines is 1. The van der Waals surface area contributed by atoms with E-state index in [1.165, 1.54) is 11.5 Å². The Kier molecular flexibility index (Phi) is 19.3. The number of para-hydroxylation sites is 4. The molecular weight excluding hydrogens is 458 g/mol. The molecule has 0 amide bonds. The zero-order chi connectivity index (χ0) is 22.8. The van der Waals surface area contributed by atoms with Crippen molar-refractivity contribution < 1.29 is 26.1 Å². The molecule has 0 fully saturated rings. The Morgan fingerprint density at radius 2 is 1.52 bits per heavy atom. The van der Waals surface area contributed by atoms with Gasteiger partial charge in [0.25, 0.3) is 0 Å². The number of halogens is 1. The van der Waals surface area contributed by atoms with Gasteiger partial charge in [0.1, 0.15) is 6.33 Å². The van der Waals surface area contributed by atoms with E-state index in [1.807, 2.05) is 62.4 Å². The second-order valence-electron chi connectivity index (χ2n) is 5.62. The van der Waals surface area contributed by atoms with Crippen LogP contribution in [0.5, 0.6) is 0 Å². The molecule has 4 rings (SSSR count). The Bertz CT molecular complexity index is 953. The van der Waals surface area contributed by atoms with Gasteiger partial charge in [-0.1, -0.05) is 38.1 Å². The molecule has 4 aromatic rings. The molecule has 1 N–H and O–H groups in total. The Balaban J connectivity index is 0. The third-order valence-electron chi connectivity index (χ3n) is 3.12. The van der Waals surface area contributed by atoms with Crippen molar-refractivity contribution in [3.05, 3.63) is 75.0 Å². The largest absolute Gasteiger partial charge is 3.00 e. The second-order valence-corrected chi connectivity index (χ2v) is 5.77. The van der Waals surface area contributed by atoms with E-state index in [0.717, 1.165) is 40.7 Å². The minimum atomic E-state index is -0.0105. The van der Waals surface area contributed by atoms with Crippen LogP contribution in [0, 0.1) is 13.8 Å². The maximum absolute atomic E-state index is 11.0. The summed E-state index contributed by atoms with van der Waals surface area (Å²) >= 11 is 4.19. The Labute approximate surface area is 199 Å². The summed E-state index contributed by atoms with van der Waals surface area (Å²) in [6, 6.07) is 15.5. The first-order valence-electron chi connectivity index (χ1n) is 9.37. The zero-order valence-electron chi connectivity index (χ0n) is 18.0. The van der Waals surface area contributed by atoms with E-state index >= 15 is 0 Å². The molecule has 2 aromatic carbocycles. The number of carbonyl (C=O) groups excluding carboxylic acids is 2. The van der Waals surface area contributed by atoms with Crippen molar-refractivity contribution in [3.8, 4) is 0 Å². The van der Waals surface area contributed by atoms with Crippen LogP contribution in [0.1, 0.15) is 38.4 Å². The van der Waals surface area contributed by atoms with Crippen LogP contribution in [0.15, 0.2) is 61.2 Å². The molecule has 0 aliphatic rings. The predicted octanol–water partition coefficient (Wildman–Crippen LogP) is 6.01. The first kappa shape index (κ1) is 30.7. The molecule has 8 heteroatoms. The van der Waals surface area contributed by atoms with E-state index in [2.05, 4.69) is 40.4 Å². The van der Waals surface area contributed by atoms with Crippen LogP contribution < -0.4 is 0 Å². The molecular formula is C23H28ClN4NiO2. The Hall–Kier alpha value is -2.50. The van der Waals surface area contributed by atoms with Crippen LogP contribution in [0.3, 0.4) is 0 Å². The van der Waals surface area contributed by atoms with E-state index in [1.54, 1.807) is 12.7 Å². The maximum Gasteiger partial charge on any atom is 3.00 e. The molecule has 1 radical (unpaired) electrons. The van der Waals surface area contributed by atoms with Crippen LogP contribution in [0.25, 0.3) is 22.1 Å². The molecule has 0 unspecified atom stereocenters. The van der Waals surface area contributed by atoms with E-state index < -0.39 is 0 Å². The summed E-state index contributed by atoms with van der Waals surface area (Å²) in [7, 11) is 0. The van der Waals surface area contributed by atoms with Crippen LogP contribution >= 0.6 is 11.6 Å². The molecule has 0 saturated heterocycles. The Morgan fingerprint density at radius 3 is 2.03 bits per heavy atom. The van der Waals surface area contributed by atoms with Gasteiger partial charge in [-0.15, -0.1) is 0 Å². The van der Waals surface area contributed by atoms with Crippen molar-refractivity contribution in [2.45, 2.75) is 33.6 Å². The fraction of sp³-hybridized carbons (Fsp3) is 0.217. The number of H-pyrrole nitrogens is 1. The molecule has 6 nitrogen and oxygen atoms in total. The van der Waals surface area contributed by atoms with Crippen LogP contribution in [-0.4, -0.2) is 31.2 Å². The van der Waals surface area contributed by atoms with Crippen LogP contribution in [0.2, 0.25) is 0 Å². The van der Waals surface area contributed by atoms with Gasteiger partial charge < -0.3 is 35.2 Å². The smallest absolute Gasteiger partial charge is 0.525 e. The summed E-state index contributed by atoms with van der Waals surface area (Å²) < 4.78 is 1.54. The van der Waals surface area contributed by atoms with Gasteiger partial charge in [-0.05, 0) is 24.3 Å². The number of aromatic nitrogens is 4. The number of imidazole rings is 2. The summed E-state index contributed by atoms with van der Waals surface area (Å²) in [5.74, 6) is 0.962. The molecule has 0 aliphatic carbocycles. The molecule has 0 atom stereocenters. The predicted molar refractivity (Wildman–Crippen MR) is 125 cm³/mol. The molecule has 2 heterocycles. The molecule has 0 spiro atoms. The first-order chi connectivity index (χ1) is 14.5. The first-order valence-corrected chi connectivity index (χ1v) is 9.75. The number of rotatable bonds is 0. The molecule has 0 aliphatic heterocycles. The maximum atomic E-state index is 11.0. The van der Waals surface area contributed by atoms with Crippen LogP contribution in [-0.2, 0) is 21.3 Å². The van der Waals surface area contributed by atoms with E-state index in [9.17, 15) is 4.79 Å². The summed E-state index contributed by atoms with van der Waals surface area (Å²) in [6.07, 6.45) is 5.25. The van der Waals surface area contributed by atoms with Gasteiger partial charge in [0.2, 0.25) is 5.91 Å². The normalized spacial score (nSPS) is 8.58. The number of benzene rings is 2. The van der Waals surface area contributed by atoms with Crippen molar-refractivity contribution in [2.24, 2.45) is 0 Å². The average molecular weight is 487 g/mol. The minimum absolute atomic E-state index is 0. The molecule has 169 valence electrons. The molecule has 0 bridgehead atoms. The van der Waals surface area contributed by atoms with Gasteiger partial charge in [-0.3, -0.25) is 9.36 Å². The van der Waals surface area contributed by atoms with Crippen LogP contribution in [0.4, 0.5) is 0 Å². The summed E-state index contributed by atoms with van der Waals surface area (Å²) in [5, 5.41) is 0. The standard InChI is InChI=1S/C9H8N2O.C7H6N2.2C3H7.CClO.Ni/c1-7(12)11-6-10-8-4-2-3-5-9(8)11;1-2-4-7-6(3-1)8-5-9-7;2*1-3-2;2-1-3;/h2-6H,1H3;1-5H,(H,8,9);2*1,3H2,2H3;;/q;;3*-1;+3. The van der Waals surface area contributed by atoms with E-state index in [0.29, 0.717) is 0 Å². The number of hydrogen-bond donors (Lipinski definition) is 1. The number of hydrogen-bond acceptors (Lipinski definition) is 4. The van der Waals surface area contributed by atoms with Gasteiger partial charge in [0, 0.05) is 6.92 Å². The molecule has 0 saturated carbocycles. The third-order valence-corrected chi connectivity index (χ3v) is 3.12. The molecule has 2 aromatic heterocycles. The number of carbonyl (C=O) groups is 1. The topological polar surface area (TPSA) is 80.6 Å². The fourth-order valence-corrected chi connectivity index (χ4v) is 2.09. The summed E-state index contributed by atoms with van der Waals surface area (Å²) in [5.41, 5.74) is 3.84. The van der Waals surface area contributed by atoms with E-state index in [-0.39, 0.29) is 22.4 Å². The van der Waals surface area contributed by atoms with Gasteiger partial charge >= 0.3 is 16.5 Å². The zero-order valence-corrected chi connectivity index (χ0v) is 19.7. The van der Waals surface area contributed by atoms with Gasteiger partial charge in [0.05, 0.1) is 28.4 Å². The van der Waals surface area contributed by atoms with Gasteiger partial charge in [-0.2, -0.15) is 18.6 Å². The average Bonchev–Trinajstić information content (AvgIpc) is 3.37. The van der Waals surface area contributed by atoms with Crippen molar-refractivity contribution in [1.29, 1.82) is 0 Å². The van der Waals surface area contributed by atoms with Crippen molar-refractivity contribution >= 4 is 45.3 Å². The monoisotopic (exact) mass is 485 g/mol. The third kappa shape index (κ3) is 12.1. The van der Waals surface area contributed by atoms with Crippen molar-refractivity contribution in [3.63, 3.8) is 0 Å². The minimum Gasteiger partial charge on any atom is -0.525 e. The van der Waals surface area contributed by atoms with E-state index in [4.69, 9.17) is 4.79 Å².